The van der Waals surface area contributed by atoms with Crippen LogP contribution in [-0.2, 0) is 4.74 Å². The van der Waals surface area contributed by atoms with Gasteiger partial charge in [-0.2, -0.15) is 0 Å². The van der Waals surface area contributed by atoms with E-state index >= 15 is 0 Å². The fourth-order valence-corrected chi connectivity index (χ4v) is 4.58. The van der Waals surface area contributed by atoms with Gasteiger partial charge in [0.2, 0.25) is 0 Å². The number of halogens is 2. The van der Waals surface area contributed by atoms with Gasteiger partial charge < -0.3 is 26.1 Å². The highest BCUT2D eigenvalue weighted by Crippen LogP contribution is 2.29. The molecule has 1 aliphatic heterocycles. The summed E-state index contributed by atoms with van der Waals surface area (Å²) in [6.07, 6.45) is 4.97. The minimum Gasteiger partial charge on any atom is -0.456 e. The molecule has 0 unspecified atom stereocenters. The van der Waals surface area contributed by atoms with E-state index in [0.29, 0.717) is 47.9 Å². The zero-order chi connectivity index (χ0) is 29.5. The Morgan fingerprint density at radius 1 is 1.15 bits per heavy atom. The Kier molecular flexibility index (Phi) is 9.08. The molecule has 1 fully saturated rings. The molecule has 4 rings (SSSR count). The molecule has 0 saturated carbocycles. The molecule has 4 N–H and O–H groups in total. The van der Waals surface area contributed by atoms with Crippen LogP contribution in [0.15, 0.2) is 103 Å². The number of ether oxygens (including phenoxy) is 1. The number of pyridine rings is 1. The van der Waals surface area contributed by atoms with E-state index in [2.05, 4.69) is 23.5 Å². The van der Waals surface area contributed by atoms with Crippen LogP contribution in [0, 0.1) is 17.0 Å². The molecule has 1 aliphatic rings. The molecule has 7 nitrogen and oxygen atoms in total. The van der Waals surface area contributed by atoms with Crippen molar-refractivity contribution in [1.29, 1.82) is 5.41 Å². The average molecular weight is 556 g/mol. The normalized spacial score (nSPS) is 15.8. The predicted molar refractivity (Wildman–Crippen MR) is 158 cm³/mol. The van der Waals surface area contributed by atoms with E-state index in [0.717, 1.165) is 12.1 Å². The lowest BCUT2D eigenvalue weighted by Crippen LogP contribution is -2.45. The first kappa shape index (κ1) is 28.9. The number of allylic oxidation sites excluding steroid dienone is 3. The van der Waals surface area contributed by atoms with Crippen molar-refractivity contribution < 1.29 is 18.3 Å². The molecule has 0 bridgehead atoms. The lowest BCUT2D eigenvalue weighted by Gasteiger charge is -2.36. The minimum atomic E-state index is -0.743. The summed E-state index contributed by atoms with van der Waals surface area (Å²) in [5.41, 5.74) is 8.88. The van der Waals surface area contributed by atoms with Crippen LogP contribution in [0.4, 0.5) is 14.5 Å². The lowest BCUT2D eigenvalue weighted by atomic mass is 10.0. The van der Waals surface area contributed by atoms with E-state index in [1.165, 1.54) is 18.2 Å². The number of carbonyl (C=O) groups is 1. The van der Waals surface area contributed by atoms with Crippen molar-refractivity contribution >= 4 is 23.1 Å². The van der Waals surface area contributed by atoms with Crippen LogP contribution in [0.5, 0.6) is 0 Å². The van der Waals surface area contributed by atoms with E-state index in [9.17, 15) is 13.6 Å². The first-order chi connectivity index (χ1) is 19.7. The summed E-state index contributed by atoms with van der Waals surface area (Å²) in [5, 5.41) is 11.6. The molecule has 2 heterocycles. The highest BCUT2D eigenvalue weighted by Gasteiger charge is 2.29. The van der Waals surface area contributed by atoms with Gasteiger partial charge in [-0.3, -0.25) is 0 Å². The first-order valence-corrected chi connectivity index (χ1v) is 13.0. The first-order valence-electron chi connectivity index (χ1n) is 13.0. The van der Waals surface area contributed by atoms with Gasteiger partial charge in [-0.15, -0.1) is 0 Å². The van der Waals surface area contributed by atoms with Crippen molar-refractivity contribution in [3.8, 4) is 11.3 Å². The lowest BCUT2D eigenvalue weighted by molar-refractivity contribution is 0.0230. The van der Waals surface area contributed by atoms with E-state index in [4.69, 9.17) is 15.9 Å². The van der Waals surface area contributed by atoms with E-state index < -0.39 is 23.7 Å². The number of aromatic nitrogens is 1. The monoisotopic (exact) mass is 555 g/mol. The predicted octanol–water partition coefficient (Wildman–Crippen LogP) is 6.09. The topological polar surface area (TPSA) is 104 Å². The summed E-state index contributed by atoms with van der Waals surface area (Å²) in [6.45, 7) is 10.4. The van der Waals surface area contributed by atoms with E-state index in [1.807, 2.05) is 17.9 Å². The van der Waals surface area contributed by atoms with Gasteiger partial charge in [0, 0.05) is 12.1 Å². The fraction of sp³-hybridized carbons (Fsp3) is 0.156. The standard InChI is InChI=1S/C32H31F2N5O2/c1-4-10-29(39-18-22(35)17-23(19-39)41-32(40)21-11-7-6-8-12-21)27(5-2)37-20(3)31-26(36)15-16-28(38-31)30-24(33)13-9-14-25(30)34/h4-16,23,35,37H,1,3,17-19,36H2,2H3/b27-5+,29-10+,35-22?/t23-/m0/s1. The summed E-state index contributed by atoms with van der Waals surface area (Å²) in [7, 11) is 0. The largest absolute Gasteiger partial charge is 0.456 e. The Hall–Kier alpha value is -5.05. The summed E-state index contributed by atoms with van der Waals surface area (Å²) in [4.78, 5) is 19.0. The number of esters is 1. The highest BCUT2D eigenvalue weighted by molar-refractivity contribution is 5.90. The van der Waals surface area contributed by atoms with Crippen LogP contribution in [0.2, 0.25) is 0 Å². The second-order valence-electron chi connectivity index (χ2n) is 9.41. The number of nitrogens with two attached hydrogens (primary N) is 1. The molecular formula is C32H31F2N5O2. The van der Waals surface area contributed by atoms with E-state index in [-0.39, 0.29) is 22.6 Å². The fourth-order valence-electron chi connectivity index (χ4n) is 4.58. The van der Waals surface area contributed by atoms with Crippen molar-refractivity contribution in [2.24, 2.45) is 0 Å². The Morgan fingerprint density at radius 2 is 1.85 bits per heavy atom. The molecule has 2 aromatic carbocycles. The smallest absolute Gasteiger partial charge is 0.338 e. The van der Waals surface area contributed by atoms with Gasteiger partial charge in [-0.1, -0.05) is 49.6 Å². The number of nitrogen functional groups attached to an aromatic ring is 1. The van der Waals surface area contributed by atoms with Crippen LogP contribution in [-0.4, -0.2) is 40.8 Å². The summed E-state index contributed by atoms with van der Waals surface area (Å²) < 4.78 is 34.6. The Balaban J connectivity index is 1.56. The number of carbonyl (C=O) groups excluding carboxylic acids is 1. The van der Waals surface area contributed by atoms with Crippen LogP contribution < -0.4 is 11.1 Å². The molecule has 210 valence electrons. The van der Waals surface area contributed by atoms with Crippen LogP contribution in [0.25, 0.3) is 17.0 Å². The van der Waals surface area contributed by atoms with Crippen molar-refractivity contribution in [2.45, 2.75) is 19.4 Å². The van der Waals surface area contributed by atoms with Crippen molar-refractivity contribution in [3.63, 3.8) is 0 Å². The molecule has 0 spiro atoms. The number of likely N-dealkylation sites (tertiary alicyclic amines) is 1. The molecule has 0 radical (unpaired) electrons. The summed E-state index contributed by atoms with van der Waals surface area (Å²) >= 11 is 0. The summed E-state index contributed by atoms with van der Waals surface area (Å²) in [5.74, 6) is -1.94. The van der Waals surface area contributed by atoms with Gasteiger partial charge >= 0.3 is 5.97 Å². The molecular weight excluding hydrogens is 524 g/mol. The number of hydrogen-bond donors (Lipinski definition) is 3. The SMILES string of the molecule is C=C/C=C(\C(=C/C)NC(=C)c1nc(-c2c(F)cccc2F)ccc1N)N1CC(=N)C[C@H](OC(=O)c2ccccc2)C1. The van der Waals surface area contributed by atoms with Crippen LogP contribution >= 0.6 is 0 Å². The van der Waals surface area contributed by atoms with Crippen LogP contribution in [0.1, 0.15) is 29.4 Å². The van der Waals surface area contributed by atoms with Crippen molar-refractivity contribution in [1.82, 2.24) is 15.2 Å². The maximum absolute atomic E-state index is 14.4. The van der Waals surface area contributed by atoms with Gasteiger partial charge in [0.05, 0.1) is 52.7 Å². The number of nitrogens with zero attached hydrogens (tertiary/aromatic N) is 2. The van der Waals surface area contributed by atoms with Gasteiger partial charge in [-0.05, 0) is 49.4 Å². The van der Waals surface area contributed by atoms with Gasteiger partial charge in [0.15, 0.2) is 0 Å². The molecule has 1 atom stereocenters. The molecule has 9 heteroatoms. The molecule has 3 aromatic rings. The van der Waals surface area contributed by atoms with Crippen LogP contribution in [0.3, 0.4) is 0 Å². The van der Waals surface area contributed by atoms with E-state index in [1.54, 1.807) is 42.5 Å². The number of rotatable bonds is 9. The molecule has 0 aliphatic carbocycles. The second kappa shape index (κ2) is 12.9. The number of nitrogens with one attached hydrogen (secondary N) is 2. The Morgan fingerprint density at radius 3 is 2.51 bits per heavy atom. The minimum absolute atomic E-state index is 0.0733. The number of anilines is 1. The molecule has 0 amide bonds. The third-order valence-electron chi connectivity index (χ3n) is 6.46. The molecule has 1 aromatic heterocycles. The van der Waals surface area contributed by atoms with Crippen molar-refractivity contribution in [2.75, 3.05) is 18.8 Å². The third kappa shape index (κ3) is 6.75. The number of piperidine rings is 1. The zero-order valence-electron chi connectivity index (χ0n) is 22.7. The zero-order valence-corrected chi connectivity index (χ0v) is 22.7. The van der Waals surface area contributed by atoms with Gasteiger partial charge in [0.25, 0.3) is 0 Å². The second-order valence-corrected chi connectivity index (χ2v) is 9.41. The number of hydrogen-bond acceptors (Lipinski definition) is 7. The van der Waals surface area contributed by atoms with Crippen molar-refractivity contribution in [3.05, 3.63) is 126 Å². The number of benzene rings is 2. The Bertz CT molecular complexity index is 1530. The Labute approximate surface area is 237 Å². The molecule has 1 saturated heterocycles. The average Bonchev–Trinajstić information content (AvgIpc) is 2.95. The third-order valence-corrected chi connectivity index (χ3v) is 6.46. The highest BCUT2D eigenvalue weighted by atomic mass is 19.1. The quantitative estimate of drug-likeness (QED) is 0.218. The maximum Gasteiger partial charge on any atom is 0.338 e. The van der Waals surface area contributed by atoms with Gasteiger partial charge in [-0.25, -0.2) is 18.6 Å². The molecule has 41 heavy (non-hydrogen) atoms. The van der Waals surface area contributed by atoms with Gasteiger partial charge in [0.1, 0.15) is 23.4 Å². The maximum atomic E-state index is 14.4. The summed E-state index contributed by atoms with van der Waals surface area (Å²) in [6, 6.07) is 15.3.